The second-order valence-corrected chi connectivity index (χ2v) is 4.05. The van der Waals surface area contributed by atoms with Crippen LogP contribution in [0.3, 0.4) is 0 Å². The first-order valence-electron chi connectivity index (χ1n) is 6.32. The molecule has 0 heterocycles. The number of nitrogens with one attached hydrogen (secondary N) is 1. The van der Waals surface area contributed by atoms with Gasteiger partial charge in [0.15, 0.2) is 11.5 Å². The van der Waals surface area contributed by atoms with Crippen molar-refractivity contribution >= 4 is 0 Å². The molecule has 0 radical (unpaired) electrons. The number of ether oxygens (including phenoxy) is 3. The average Bonchev–Trinajstić information content (AvgIpc) is 2.42. The number of rotatable bonds is 9. The molecule has 0 spiro atoms. The van der Waals surface area contributed by atoms with E-state index in [0.717, 1.165) is 17.9 Å². The lowest BCUT2D eigenvalue weighted by Gasteiger charge is -2.17. The predicted molar refractivity (Wildman–Crippen MR) is 72.4 cm³/mol. The fourth-order valence-corrected chi connectivity index (χ4v) is 1.51. The third kappa shape index (κ3) is 4.94. The van der Waals surface area contributed by atoms with Crippen LogP contribution in [0.4, 0.5) is 0 Å². The monoisotopic (exact) mass is 253 g/mol. The summed E-state index contributed by atoms with van der Waals surface area (Å²) in [7, 11) is 3.58. The largest absolute Gasteiger partial charge is 0.490 e. The van der Waals surface area contributed by atoms with E-state index in [1.807, 2.05) is 31.3 Å². The van der Waals surface area contributed by atoms with Crippen LogP contribution in [0.1, 0.15) is 13.3 Å². The van der Waals surface area contributed by atoms with Gasteiger partial charge in [0, 0.05) is 7.11 Å². The number of methoxy groups -OCH3 is 1. The summed E-state index contributed by atoms with van der Waals surface area (Å²) in [6.07, 6.45) is 0.983. The van der Waals surface area contributed by atoms with Crippen LogP contribution in [0.25, 0.3) is 0 Å². The third-order valence-electron chi connectivity index (χ3n) is 2.53. The van der Waals surface area contributed by atoms with E-state index in [0.29, 0.717) is 19.8 Å². The Balaban J connectivity index is 2.54. The highest BCUT2D eigenvalue weighted by molar-refractivity contribution is 5.39. The number of hydrogen-bond acceptors (Lipinski definition) is 4. The molecule has 0 bridgehead atoms. The smallest absolute Gasteiger partial charge is 0.161 e. The van der Waals surface area contributed by atoms with Gasteiger partial charge in [0.2, 0.25) is 0 Å². The Morgan fingerprint density at radius 1 is 1.11 bits per heavy atom. The van der Waals surface area contributed by atoms with Gasteiger partial charge in [-0.05, 0) is 25.6 Å². The van der Waals surface area contributed by atoms with Crippen LogP contribution < -0.4 is 14.8 Å². The molecule has 0 amide bonds. The van der Waals surface area contributed by atoms with Gasteiger partial charge in [-0.2, -0.15) is 0 Å². The van der Waals surface area contributed by atoms with Crippen LogP contribution in [0, 0.1) is 0 Å². The first-order valence-corrected chi connectivity index (χ1v) is 6.32. The molecule has 1 aromatic rings. The zero-order valence-corrected chi connectivity index (χ0v) is 11.4. The van der Waals surface area contributed by atoms with Gasteiger partial charge in [-0.15, -0.1) is 0 Å². The third-order valence-corrected chi connectivity index (χ3v) is 2.53. The molecule has 102 valence electrons. The molecule has 0 saturated heterocycles. The van der Waals surface area contributed by atoms with Gasteiger partial charge < -0.3 is 19.5 Å². The van der Waals surface area contributed by atoms with Crippen LogP contribution >= 0.6 is 0 Å². The van der Waals surface area contributed by atoms with Crippen molar-refractivity contribution in [1.82, 2.24) is 5.32 Å². The molecule has 1 atom stereocenters. The van der Waals surface area contributed by atoms with Gasteiger partial charge in [0.1, 0.15) is 6.61 Å². The fraction of sp³-hybridized carbons (Fsp3) is 0.571. The van der Waals surface area contributed by atoms with Crippen LogP contribution in [0.15, 0.2) is 24.3 Å². The van der Waals surface area contributed by atoms with Gasteiger partial charge in [-0.3, -0.25) is 0 Å². The quantitative estimate of drug-likeness (QED) is 0.731. The number of para-hydroxylation sites is 2. The summed E-state index contributed by atoms with van der Waals surface area (Å²) in [5, 5.41) is 3.15. The Kier molecular flexibility index (Phi) is 7.22. The van der Waals surface area contributed by atoms with Crippen molar-refractivity contribution in [2.45, 2.75) is 19.4 Å². The minimum absolute atomic E-state index is 0.175. The number of likely N-dealkylation sites (N-methyl/N-ethyl adjacent to an activating group) is 1. The van der Waals surface area contributed by atoms with Crippen molar-refractivity contribution in [1.29, 1.82) is 0 Å². The molecule has 0 fully saturated rings. The van der Waals surface area contributed by atoms with Gasteiger partial charge >= 0.3 is 0 Å². The zero-order valence-electron chi connectivity index (χ0n) is 11.4. The molecule has 0 aromatic heterocycles. The summed E-state index contributed by atoms with van der Waals surface area (Å²) in [5.41, 5.74) is 0. The maximum atomic E-state index is 5.77. The Hall–Kier alpha value is -1.26. The van der Waals surface area contributed by atoms with Crippen molar-refractivity contribution in [2.75, 3.05) is 34.0 Å². The highest BCUT2D eigenvalue weighted by Gasteiger charge is 2.09. The normalized spacial score (nSPS) is 12.2. The highest BCUT2D eigenvalue weighted by Crippen LogP contribution is 2.26. The molecule has 1 rings (SSSR count). The summed E-state index contributed by atoms with van der Waals surface area (Å²) < 4.78 is 16.5. The average molecular weight is 253 g/mol. The molecule has 0 aliphatic heterocycles. The van der Waals surface area contributed by atoms with E-state index in [2.05, 4.69) is 12.2 Å². The Morgan fingerprint density at radius 3 is 2.33 bits per heavy atom. The first kappa shape index (κ1) is 14.8. The van der Waals surface area contributed by atoms with Crippen molar-refractivity contribution in [3.05, 3.63) is 24.3 Å². The summed E-state index contributed by atoms with van der Waals surface area (Å²) >= 11 is 0. The van der Waals surface area contributed by atoms with Crippen molar-refractivity contribution in [3.8, 4) is 11.5 Å². The fourth-order valence-electron chi connectivity index (χ4n) is 1.51. The molecule has 18 heavy (non-hydrogen) atoms. The Morgan fingerprint density at radius 2 is 1.78 bits per heavy atom. The molecule has 4 nitrogen and oxygen atoms in total. The molecule has 4 heteroatoms. The van der Waals surface area contributed by atoms with Crippen LogP contribution in [0.2, 0.25) is 0 Å². The van der Waals surface area contributed by atoms with Gasteiger partial charge in [-0.1, -0.05) is 19.1 Å². The van der Waals surface area contributed by atoms with Gasteiger partial charge in [0.05, 0.1) is 19.3 Å². The lowest BCUT2D eigenvalue weighted by Crippen LogP contribution is -2.35. The van der Waals surface area contributed by atoms with Crippen molar-refractivity contribution in [3.63, 3.8) is 0 Å². The Bertz CT molecular complexity index is 331. The molecular formula is C14H23NO3. The standard InChI is InChI=1S/C14H23NO3/c1-4-9-17-13-7-5-6-8-14(13)18-11-12(15-2)10-16-3/h5-8,12,15H,4,9-11H2,1-3H3. The second-order valence-electron chi connectivity index (χ2n) is 4.05. The highest BCUT2D eigenvalue weighted by atomic mass is 16.5. The summed E-state index contributed by atoms with van der Waals surface area (Å²) in [6.45, 7) is 3.96. The van der Waals surface area contributed by atoms with Gasteiger partial charge in [0.25, 0.3) is 0 Å². The van der Waals surface area contributed by atoms with E-state index in [9.17, 15) is 0 Å². The maximum Gasteiger partial charge on any atom is 0.161 e. The molecule has 0 saturated carbocycles. The van der Waals surface area contributed by atoms with Crippen LogP contribution in [-0.2, 0) is 4.74 Å². The lowest BCUT2D eigenvalue weighted by atomic mass is 10.3. The number of hydrogen-bond donors (Lipinski definition) is 1. The van der Waals surface area contributed by atoms with Crippen molar-refractivity contribution < 1.29 is 14.2 Å². The van der Waals surface area contributed by atoms with Crippen LogP contribution in [-0.4, -0.2) is 40.0 Å². The molecular weight excluding hydrogens is 230 g/mol. The minimum Gasteiger partial charge on any atom is -0.490 e. The van der Waals surface area contributed by atoms with E-state index in [-0.39, 0.29) is 6.04 Å². The predicted octanol–water partition coefficient (Wildman–Crippen LogP) is 2.09. The summed E-state index contributed by atoms with van der Waals surface area (Å²) in [6, 6.07) is 7.91. The minimum atomic E-state index is 0.175. The topological polar surface area (TPSA) is 39.7 Å². The SMILES string of the molecule is CCCOc1ccccc1OCC(COC)NC. The molecule has 1 unspecified atom stereocenters. The zero-order chi connectivity index (χ0) is 13.2. The van der Waals surface area contributed by atoms with Crippen LogP contribution in [0.5, 0.6) is 11.5 Å². The summed E-state index contributed by atoms with van der Waals surface area (Å²) in [5.74, 6) is 1.58. The number of benzene rings is 1. The van der Waals surface area contributed by atoms with E-state index >= 15 is 0 Å². The van der Waals surface area contributed by atoms with E-state index in [1.165, 1.54) is 0 Å². The molecule has 0 aliphatic carbocycles. The van der Waals surface area contributed by atoms with Crippen molar-refractivity contribution in [2.24, 2.45) is 0 Å². The van der Waals surface area contributed by atoms with E-state index in [4.69, 9.17) is 14.2 Å². The Labute approximate surface area is 109 Å². The molecule has 0 aliphatic rings. The first-order chi connectivity index (χ1) is 8.81. The molecule has 1 N–H and O–H groups in total. The second kappa shape index (κ2) is 8.78. The molecule has 1 aromatic carbocycles. The van der Waals surface area contributed by atoms with Gasteiger partial charge in [-0.25, -0.2) is 0 Å². The summed E-state index contributed by atoms with van der Waals surface area (Å²) in [4.78, 5) is 0. The lowest BCUT2D eigenvalue weighted by molar-refractivity contribution is 0.138. The maximum absolute atomic E-state index is 5.77. The van der Waals surface area contributed by atoms with E-state index < -0.39 is 0 Å². The van der Waals surface area contributed by atoms with E-state index in [1.54, 1.807) is 7.11 Å².